The van der Waals surface area contributed by atoms with Gasteiger partial charge in [0.15, 0.2) is 0 Å². The molecule has 18 heavy (non-hydrogen) atoms. The van der Waals surface area contributed by atoms with Crippen LogP contribution >= 0.6 is 0 Å². The Morgan fingerprint density at radius 1 is 1.06 bits per heavy atom. The number of anilines is 2. The molecular formula is C16H20N2. The third-order valence-electron chi connectivity index (χ3n) is 3.08. The van der Waals surface area contributed by atoms with Gasteiger partial charge in [0, 0.05) is 17.9 Å². The third kappa shape index (κ3) is 3.04. The van der Waals surface area contributed by atoms with Crippen molar-refractivity contribution in [2.24, 2.45) is 0 Å². The molecule has 0 radical (unpaired) electrons. The molecule has 0 saturated heterocycles. The molecule has 0 aliphatic heterocycles. The zero-order valence-electron chi connectivity index (χ0n) is 11.0. The van der Waals surface area contributed by atoms with Crippen molar-refractivity contribution in [3.8, 4) is 0 Å². The summed E-state index contributed by atoms with van der Waals surface area (Å²) in [4.78, 5) is 0. The van der Waals surface area contributed by atoms with E-state index in [4.69, 9.17) is 5.73 Å². The summed E-state index contributed by atoms with van der Waals surface area (Å²) in [5.41, 5.74) is 11.7. The first kappa shape index (κ1) is 12.5. The van der Waals surface area contributed by atoms with E-state index in [0.29, 0.717) is 0 Å². The van der Waals surface area contributed by atoms with Gasteiger partial charge >= 0.3 is 0 Å². The van der Waals surface area contributed by atoms with Gasteiger partial charge in [0.05, 0.1) is 0 Å². The van der Waals surface area contributed by atoms with Gasteiger partial charge in [-0.2, -0.15) is 0 Å². The lowest BCUT2D eigenvalue weighted by molar-refractivity contribution is 1.04. The van der Waals surface area contributed by atoms with Crippen LogP contribution in [-0.4, -0.2) is 0 Å². The minimum Gasteiger partial charge on any atom is -0.399 e. The summed E-state index contributed by atoms with van der Waals surface area (Å²) in [6.07, 6.45) is 1.06. The molecule has 0 aliphatic rings. The summed E-state index contributed by atoms with van der Waals surface area (Å²) in [7, 11) is 0. The number of nitrogens with one attached hydrogen (secondary N) is 1. The SMILES string of the molecule is CCc1ccccc1CNc1cc(C)cc(N)c1. The highest BCUT2D eigenvalue weighted by molar-refractivity contribution is 5.57. The van der Waals surface area contributed by atoms with Crippen molar-refractivity contribution in [1.82, 2.24) is 0 Å². The molecule has 94 valence electrons. The summed E-state index contributed by atoms with van der Waals surface area (Å²) in [6, 6.07) is 14.6. The summed E-state index contributed by atoms with van der Waals surface area (Å²) in [6.45, 7) is 5.08. The van der Waals surface area contributed by atoms with Gasteiger partial charge in [0.2, 0.25) is 0 Å². The molecule has 2 rings (SSSR count). The largest absolute Gasteiger partial charge is 0.399 e. The number of benzene rings is 2. The van der Waals surface area contributed by atoms with Gasteiger partial charge in [-0.05, 0) is 48.2 Å². The molecule has 0 bridgehead atoms. The Morgan fingerprint density at radius 3 is 2.44 bits per heavy atom. The summed E-state index contributed by atoms with van der Waals surface area (Å²) in [5, 5.41) is 3.44. The van der Waals surface area contributed by atoms with Crippen LogP contribution in [0.2, 0.25) is 0 Å². The van der Waals surface area contributed by atoms with Gasteiger partial charge in [0.1, 0.15) is 0 Å². The van der Waals surface area contributed by atoms with Gasteiger partial charge < -0.3 is 11.1 Å². The molecule has 0 amide bonds. The van der Waals surface area contributed by atoms with E-state index in [0.717, 1.165) is 24.3 Å². The standard InChI is InChI=1S/C16H20N2/c1-3-13-6-4-5-7-14(13)11-18-16-9-12(2)8-15(17)10-16/h4-10,18H,3,11,17H2,1-2H3. The lowest BCUT2D eigenvalue weighted by Crippen LogP contribution is -2.03. The number of nitrogens with two attached hydrogens (primary N) is 1. The van der Waals surface area contributed by atoms with Gasteiger partial charge in [0.25, 0.3) is 0 Å². The second-order valence-electron chi connectivity index (χ2n) is 4.61. The normalized spacial score (nSPS) is 10.3. The van der Waals surface area contributed by atoms with E-state index in [-0.39, 0.29) is 0 Å². The number of rotatable bonds is 4. The van der Waals surface area contributed by atoms with Crippen LogP contribution in [0.1, 0.15) is 23.6 Å². The molecule has 0 unspecified atom stereocenters. The van der Waals surface area contributed by atoms with Crippen LogP contribution in [0.15, 0.2) is 42.5 Å². The number of aryl methyl sites for hydroxylation is 2. The Kier molecular flexibility index (Phi) is 3.88. The molecule has 0 atom stereocenters. The molecule has 0 aliphatic carbocycles. The molecular weight excluding hydrogens is 220 g/mol. The Labute approximate surface area is 109 Å². The molecule has 2 aromatic carbocycles. The zero-order chi connectivity index (χ0) is 13.0. The quantitative estimate of drug-likeness (QED) is 0.799. The van der Waals surface area contributed by atoms with Crippen molar-refractivity contribution < 1.29 is 0 Å². The number of nitrogen functional groups attached to an aromatic ring is 1. The Hall–Kier alpha value is -1.96. The highest BCUT2D eigenvalue weighted by Crippen LogP contribution is 2.18. The molecule has 0 fully saturated rings. The molecule has 0 heterocycles. The first-order valence-corrected chi connectivity index (χ1v) is 6.37. The Morgan fingerprint density at radius 2 is 1.78 bits per heavy atom. The average molecular weight is 240 g/mol. The molecule has 2 nitrogen and oxygen atoms in total. The second-order valence-corrected chi connectivity index (χ2v) is 4.61. The molecule has 2 heteroatoms. The summed E-state index contributed by atoms with van der Waals surface area (Å²) >= 11 is 0. The predicted octanol–water partition coefficient (Wildman–Crippen LogP) is 3.75. The van der Waals surface area contributed by atoms with E-state index in [2.05, 4.69) is 49.5 Å². The van der Waals surface area contributed by atoms with Gasteiger partial charge in [-0.1, -0.05) is 31.2 Å². The highest BCUT2D eigenvalue weighted by atomic mass is 14.9. The first-order chi connectivity index (χ1) is 8.69. The van der Waals surface area contributed by atoms with Crippen LogP contribution in [0.3, 0.4) is 0 Å². The molecule has 0 aromatic heterocycles. The second kappa shape index (κ2) is 5.58. The molecule has 2 aromatic rings. The van der Waals surface area contributed by atoms with Crippen LogP contribution in [0.4, 0.5) is 11.4 Å². The van der Waals surface area contributed by atoms with Crippen LogP contribution in [0, 0.1) is 6.92 Å². The topological polar surface area (TPSA) is 38.0 Å². The van der Waals surface area contributed by atoms with Gasteiger partial charge in [-0.15, -0.1) is 0 Å². The Bertz CT molecular complexity index is 512. The van der Waals surface area contributed by atoms with E-state index >= 15 is 0 Å². The van der Waals surface area contributed by atoms with Crippen molar-refractivity contribution in [1.29, 1.82) is 0 Å². The van der Waals surface area contributed by atoms with Crippen LogP contribution in [-0.2, 0) is 13.0 Å². The predicted molar refractivity (Wildman–Crippen MR) is 78.7 cm³/mol. The third-order valence-corrected chi connectivity index (χ3v) is 3.08. The number of hydrogen-bond acceptors (Lipinski definition) is 2. The van der Waals surface area contributed by atoms with E-state index in [1.165, 1.54) is 16.7 Å². The van der Waals surface area contributed by atoms with Crippen LogP contribution in [0.25, 0.3) is 0 Å². The average Bonchev–Trinajstić information content (AvgIpc) is 2.35. The first-order valence-electron chi connectivity index (χ1n) is 6.37. The maximum absolute atomic E-state index is 5.84. The zero-order valence-corrected chi connectivity index (χ0v) is 11.0. The molecule has 0 spiro atoms. The van der Waals surface area contributed by atoms with E-state index < -0.39 is 0 Å². The fraction of sp³-hybridized carbons (Fsp3) is 0.250. The van der Waals surface area contributed by atoms with Crippen molar-refractivity contribution in [2.45, 2.75) is 26.8 Å². The van der Waals surface area contributed by atoms with Crippen molar-refractivity contribution in [3.63, 3.8) is 0 Å². The van der Waals surface area contributed by atoms with Crippen molar-refractivity contribution in [3.05, 3.63) is 59.2 Å². The smallest absolute Gasteiger partial charge is 0.0403 e. The lowest BCUT2D eigenvalue weighted by Gasteiger charge is -2.11. The van der Waals surface area contributed by atoms with Gasteiger partial charge in [-0.3, -0.25) is 0 Å². The highest BCUT2D eigenvalue weighted by Gasteiger charge is 2.00. The van der Waals surface area contributed by atoms with E-state index in [1.54, 1.807) is 0 Å². The minimum atomic E-state index is 0.807. The van der Waals surface area contributed by atoms with E-state index in [1.807, 2.05) is 12.1 Å². The van der Waals surface area contributed by atoms with Crippen molar-refractivity contribution >= 4 is 11.4 Å². The molecule has 0 saturated carbocycles. The summed E-state index contributed by atoms with van der Waals surface area (Å²) in [5.74, 6) is 0. The fourth-order valence-electron chi connectivity index (χ4n) is 2.19. The monoisotopic (exact) mass is 240 g/mol. The maximum atomic E-state index is 5.84. The Balaban J connectivity index is 2.11. The van der Waals surface area contributed by atoms with Gasteiger partial charge in [-0.25, -0.2) is 0 Å². The van der Waals surface area contributed by atoms with Crippen LogP contribution in [0.5, 0.6) is 0 Å². The fourth-order valence-corrected chi connectivity index (χ4v) is 2.19. The molecule has 3 N–H and O–H groups in total. The minimum absolute atomic E-state index is 0.807. The lowest BCUT2D eigenvalue weighted by atomic mass is 10.1. The van der Waals surface area contributed by atoms with Crippen LogP contribution < -0.4 is 11.1 Å². The number of hydrogen-bond donors (Lipinski definition) is 2. The van der Waals surface area contributed by atoms with E-state index in [9.17, 15) is 0 Å². The maximum Gasteiger partial charge on any atom is 0.0403 e. The summed E-state index contributed by atoms with van der Waals surface area (Å²) < 4.78 is 0. The van der Waals surface area contributed by atoms with Crippen molar-refractivity contribution in [2.75, 3.05) is 11.1 Å².